The summed E-state index contributed by atoms with van der Waals surface area (Å²) < 4.78 is 5.33. The largest absolute Gasteiger partial charge is 0.464 e. The van der Waals surface area contributed by atoms with Gasteiger partial charge in [-0.05, 0) is 50.5 Å². The van der Waals surface area contributed by atoms with E-state index in [0.29, 0.717) is 13.0 Å². The Morgan fingerprint density at radius 3 is 3.05 bits per heavy atom. The van der Waals surface area contributed by atoms with Crippen LogP contribution >= 0.6 is 11.3 Å². The average Bonchev–Trinajstić information content (AvgIpc) is 3.08. The molecule has 114 valence electrons. The lowest BCUT2D eigenvalue weighted by atomic mass is 9.91. The number of hydrogen-bond acceptors (Lipinski definition) is 4. The molecule has 2 atom stereocenters. The number of ether oxygens (including phenoxy) is 1. The van der Waals surface area contributed by atoms with Crippen LogP contribution in [0.25, 0.3) is 0 Å². The fourth-order valence-electron chi connectivity index (χ4n) is 3.71. The fourth-order valence-corrected chi connectivity index (χ4v) is 4.57. The van der Waals surface area contributed by atoms with Crippen LogP contribution in [0.5, 0.6) is 0 Å². The van der Waals surface area contributed by atoms with Crippen molar-refractivity contribution in [2.45, 2.75) is 57.0 Å². The van der Waals surface area contributed by atoms with Crippen LogP contribution in [0.1, 0.15) is 56.4 Å². The van der Waals surface area contributed by atoms with Gasteiger partial charge in [0.2, 0.25) is 5.91 Å². The van der Waals surface area contributed by atoms with Crippen molar-refractivity contribution in [2.75, 3.05) is 6.61 Å². The summed E-state index contributed by atoms with van der Waals surface area (Å²) >= 11 is 1.66. The van der Waals surface area contributed by atoms with Crippen molar-refractivity contribution in [1.82, 2.24) is 4.90 Å². The van der Waals surface area contributed by atoms with Crippen molar-refractivity contribution >= 4 is 23.2 Å². The third-order valence-corrected chi connectivity index (χ3v) is 5.60. The van der Waals surface area contributed by atoms with Crippen molar-refractivity contribution in [3.05, 3.63) is 22.4 Å². The molecular formula is C16H21NO3S. The first-order valence-corrected chi connectivity index (χ1v) is 8.60. The summed E-state index contributed by atoms with van der Waals surface area (Å²) in [4.78, 5) is 28.3. The van der Waals surface area contributed by atoms with Crippen LogP contribution < -0.4 is 0 Å². The second kappa shape index (κ2) is 5.79. The maximum atomic E-state index is 12.6. The molecule has 4 nitrogen and oxygen atoms in total. The normalized spacial score (nSPS) is 29.1. The van der Waals surface area contributed by atoms with E-state index in [1.807, 2.05) is 23.3 Å². The fraction of sp³-hybridized carbons (Fsp3) is 0.625. The van der Waals surface area contributed by atoms with E-state index in [9.17, 15) is 9.59 Å². The maximum absolute atomic E-state index is 12.6. The van der Waals surface area contributed by atoms with Gasteiger partial charge in [-0.3, -0.25) is 4.79 Å². The highest BCUT2D eigenvalue weighted by Gasteiger charge is 2.55. The zero-order valence-corrected chi connectivity index (χ0v) is 13.2. The maximum Gasteiger partial charge on any atom is 0.332 e. The third-order valence-electron chi connectivity index (χ3n) is 4.63. The van der Waals surface area contributed by atoms with Gasteiger partial charge in [-0.15, -0.1) is 11.3 Å². The Kier molecular flexibility index (Phi) is 4.02. The molecule has 0 spiro atoms. The Bertz CT molecular complexity index is 528. The van der Waals surface area contributed by atoms with Gasteiger partial charge in [0, 0.05) is 11.3 Å². The molecule has 1 amide bonds. The Morgan fingerprint density at radius 1 is 1.48 bits per heavy atom. The molecule has 2 aliphatic rings. The lowest BCUT2D eigenvalue weighted by Gasteiger charge is -2.37. The summed E-state index contributed by atoms with van der Waals surface area (Å²) in [6.07, 6.45) is 4.64. The number of amides is 1. The monoisotopic (exact) mass is 307 g/mol. The molecule has 21 heavy (non-hydrogen) atoms. The minimum atomic E-state index is -0.724. The Morgan fingerprint density at radius 2 is 2.33 bits per heavy atom. The lowest BCUT2D eigenvalue weighted by molar-refractivity contribution is -0.163. The van der Waals surface area contributed by atoms with E-state index in [2.05, 4.69) is 6.07 Å². The van der Waals surface area contributed by atoms with Crippen LogP contribution in [0.2, 0.25) is 0 Å². The predicted octanol–water partition coefficient (Wildman–Crippen LogP) is 3.29. The zero-order valence-electron chi connectivity index (χ0n) is 12.3. The summed E-state index contributed by atoms with van der Waals surface area (Å²) in [5.41, 5.74) is -0.724. The highest BCUT2D eigenvalue weighted by molar-refractivity contribution is 7.10. The third kappa shape index (κ3) is 2.37. The van der Waals surface area contributed by atoms with Crippen LogP contribution in [0.15, 0.2) is 17.5 Å². The first-order valence-electron chi connectivity index (χ1n) is 7.72. The van der Waals surface area contributed by atoms with Crippen molar-refractivity contribution < 1.29 is 14.3 Å². The lowest BCUT2D eigenvalue weighted by Crippen LogP contribution is -2.53. The summed E-state index contributed by atoms with van der Waals surface area (Å²) in [5, 5.41) is 2.03. The number of rotatable bonds is 3. The number of nitrogens with zero attached hydrogens (tertiary/aromatic N) is 1. The van der Waals surface area contributed by atoms with Crippen molar-refractivity contribution in [3.63, 3.8) is 0 Å². The molecular weight excluding hydrogens is 286 g/mol. The quantitative estimate of drug-likeness (QED) is 0.805. The van der Waals surface area contributed by atoms with Gasteiger partial charge < -0.3 is 9.64 Å². The second-order valence-electron chi connectivity index (χ2n) is 5.79. The molecule has 2 saturated heterocycles. The topological polar surface area (TPSA) is 46.6 Å². The molecule has 5 heteroatoms. The van der Waals surface area contributed by atoms with Gasteiger partial charge in [0.05, 0.1) is 12.6 Å². The predicted molar refractivity (Wildman–Crippen MR) is 81.0 cm³/mol. The Labute approximate surface area is 129 Å². The van der Waals surface area contributed by atoms with Gasteiger partial charge in [0.25, 0.3) is 0 Å². The molecule has 1 unspecified atom stereocenters. The van der Waals surface area contributed by atoms with E-state index < -0.39 is 5.54 Å². The minimum Gasteiger partial charge on any atom is -0.464 e. The number of carbonyl (C=O) groups is 2. The molecule has 2 fully saturated rings. The van der Waals surface area contributed by atoms with Crippen molar-refractivity contribution in [1.29, 1.82) is 0 Å². The highest BCUT2D eigenvalue weighted by atomic mass is 32.1. The van der Waals surface area contributed by atoms with E-state index in [1.165, 1.54) is 4.88 Å². The number of carbonyl (C=O) groups excluding carboxylic acids is 2. The van der Waals surface area contributed by atoms with E-state index in [0.717, 1.165) is 32.1 Å². The van der Waals surface area contributed by atoms with Crippen LogP contribution in [-0.4, -0.2) is 28.9 Å². The molecule has 0 bridgehead atoms. The standard InChI is InChI=1S/C16H21NO3S/c1-2-20-15(19)16-9-4-3-7-14(18)17(16)12(8-10-16)13-6-5-11-21-13/h5-6,11-12H,2-4,7-10H2,1H3/t12?,16-/m1/s1. The minimum absolute atomic E-state index is 0.0417. The highest BCUT2D eigenvalue weighted by Crippen LogP contribution is 2.48. The van der Waals surface area contributed by atoms with Gasteiger partial charge >= 0.3 is 5.97 Å². The number of thiophene rings is 1. The summed E-state index contributed by atoms with van der Waals surface area (Å²) in [6.45, 7) is 2.19. The van der Waals surface area contributed by atoms with Gasteiger partial charge in [0.15, 0.2) is 0 Å². The molecule has 0 aromatic carbocycles. The molecule has 2 aliphatic heterocycles. The SMILES string of the molecule is CCOC(=O)[C@]12CCCCC(=O)N1C(c1cccs1)CC2. The Hall–Kier alpha value is -1.36. The van der Waals surface area contributed by atoms with E-state index in [-0.39, 0.29) is 17.9 Å². The molecule has 1 aromatic heterocycles. The zero-order chi connectivity index (χ0) is 14.9. The molecule has 0 saturated carbocycles. The number of fused-ring (bicyclic) bond motifs is 1. The van der Waals surface area contributed by atoms with Crippen LogP contribution in [-0.2, 0) is 14.3 Å². The average molecular weight is 307 g/mol. The van der Waals surface area contributed by atoms with Gasteiger partial charge in [-0.2, -0.15) is 0 Å². The summed E-state index contributed by atoms with van der Waals surface area (Å²) in [6, 6.07) is 4.11. The first-order chi connectivity index (χ1) is 10.2. The van der Waals surface area contributed by atoms with Crippen molar-refractivity contribution in [2.24, 2.45) is 0 Å². The second-order valence-corrected chi connectivity index (χ2v) is 6.77. The van der Waals surface area contributed by atoms with Crippen molar-refractivity contribution in [3.8, 4) is 0 Å². The number of hydrogen-bond donors (Lipinski definition) is 0. The van der Waals surface area contributed by atoms with Crippen LogP contribution in [0, 0.1) is 0 Å². The van der Waals surface area contributed by atoms with Gasteiger partial charge in [-0.1, -0.05) is 6.07 Å². The van der Waals surface area contributed by atoms with Crippen LogP contribution in [0.3, 0.4) is 0 Å². The van der Waals surface area contributed by atoms with E-state index >= 15 is 0 Å². The summed E-state index contributed by atoms with van der Waals surface area (Å²) in [5.74, 6) is -0.101. The van der Waals surface area contributed by atoms with Gasteiger partial charge in [0.1, 0.15) is 5.54 Å². The molecule has 1 aromatic rings. The van der Waals surface area contributed by atoms with E-state index in [4.69, 9.17) is 4.74 Å². The first kappa shape index (κ1) is 14.6. The summed E-state index contributed by atoms with van der Waals surface area (Å²) in [7, 11) is 0. The molecule has 3 heterocycles. The van der Waals surface area contributed by atoms with E-state index in [1.54, 1.807) is 11.3 Å². The van der Waals surface area contributed by atoms with Crippen LogP contribution in [0.4, 0.5) is 0 Å². The molecule has 3 rings (SSSR count). The van der Waals surface area contributed by atoms with Gasteiger partial charge in [-0.25, -0.2) is 4.79 Å². The number of esters is 1. The molecule has 0 aliphatic carbocycles. The Balaban J connectivity index is 1.99. The molecule has 0 radical (unpaired) electrons. The molecule has 0 N–H and O–H groups in total. The smallest absolute Gasteiger partial charge is 0.332 e.